The third-order valence-electron chi connectivity index (χ3n) is 24.7. The molecule has 0 aliphatic carbocycles. The number of hydrogen-bond donors (Lipinski definition) is 12. The molecule has 716 valence electrons. The zero-order valence-electron chi connectivity index (χ0n) is 78.3. The smallest absolute Gasteiger partial charge is 0.257 e. The minimum atomic E-state index is -0.609. The Labute approximate surface area is 811 Å². The minimum Gasteiger partial charge on any atom is -0.365 e. The van der Waals surface area contributed by atoms with Crippen LogP contribution in [0.4, 0.5) is 17.1 Å². The van der Waals surface area contributed by atoms with Crippen molar-refractivity contribution in [3.8, 4) is 90.6 Å². The predicted molar refractivity (Wildman–Crippen MR) is 533 cm³/mol. The second-order valence-electron chi connectivity index (χ2n) is 35.5. The fraction of sp³-hybridized carbons (Fsp3) is 0.240. The molecule has 20 aromatic heterocycles. The summed E-state index contributed by atoms with van der Waals surface area (Å²) in [6, 6.07) is 17.2. The van der Waals surface area contributed by atoms with Crippen LogP contribution in [0, 0.1) is 11.8 Å². The van der Waals surface area contributed by atoms with E-state index in [2.05, 4.69) is 141 Å². The molecule has 13 N–H and O–H groups in total. The Bertz CT molecular complexity index is 8330. The lowest BCUT2D eigenvalue weighted by Crippen LogP contribution is -2.27. The highest BCUT2D eigenvalue weighted by Gasteiger charge is 2.30. The van der Waals surface area contributed by atoms with E-state index in [1.165, 1.54) is 6.20 Å². The van der Waals surface area contributed by atoms with E-state index in [-0.39, 0.29) is 58.6 Å². The van der Waals surface area contributed by atoms with Gasteiger partial charge in [-0.15, -0.1) is 0 Å². The maximum Gasteiger partial charge on any atom is 0.257 e. The Morgan fingerprint density at radius 1 is 0.350 bits per heavy atom. The highest BCUT2D eigenvalue weighted by molar-refractivity contribution is 6.10. The number of H-pyrrole nitrogens is 8. The van der Waals surface area contributed by atoms with Crippen LogP contribution in [0.2, 0.25) is 0 Å². The van der Waals surface area contributed by atoms with Crippen LogP contribution in [-0.2, 0) is 25.6 Å². The number of carbonyl (C=O) groups is 8. The predicted octanol–water partition coefficient (Wildman–Crippen LogP) is 14.1. The highest BCUT2D eigenvalue weighted by atomic mass is 16.2. The molecule has 23 heterocycles. The maximum absolute atomic E-state index is 13.1. The molecule has 0 atom stereocenters. The molecule has 23 rings (SSSR count). The summed E-state index contributed by atoms with van der Waals surface area (Å²) >= 11 is 0. The zero-order chi connectivity index (χ0) is 98.6. The number of primary amides is 1. The molecule has 0 bridgehead atoms. The summed E-state index contributed by atoms with van der Waals surface area (Å²) in [5, 5.41) is 40.9. The SMILES string of the molecule is CC(C)C(=O)Nc1cncc(-c2cnc3n[nH]c(-c4nc5c(C(=O)N6CCCC6)cncc5[nH]4)c3c2)c1.CC(C)CC(=O)Nc1cncc(-c2cnc3n[nH]c(-c4nc5c(C(N)=O)cncc5[nH]4)c3c2)c1.CCC(=O)Cc1ccc(-c2cnc3n[nH]c(-c4nc5c(C(=O)N6CCCC6)cncc5[nH]4)c3c2)cn1.CCC(=O)Nc1cncc(-c2cnc3n[nH]c(-c4nc5c(C(=O)N6CCCC6)cncc5[nH]4)c3c2)c1. The second kappa shape index (κ2) is 39.9. The van der Waals surface area contributed by atoms with Crippen LogP contribution in [0.15, 0.2) is 172 Å². The van der Waals surface area contributed by atoms with Crippen LogP contribution >= 0.6 is 0 Å². The number of ketones is 1. The molecule has 20 aromatic rings. The van der Waals surface area contributed by atoms with Crippen LogP contribution in [0.3, 0.4) is 0 Å². The van der Waals surface area contributed by atoms with Gasteiger partial charge < -0.3 is 56.3 Å². The van der Waals surface area contributed by atoms with Crippen molar-refractivity contribution in [1.29, 1.82) is 0 Å². The number of Topliss-reactive ketones (excluding diaryl/α,β-unsaturated/α-hetero) is 1. The van der Waals surface area contributed by atoms with E-state index >= 15 is 0 Å². The van der Waals surface area contributed by atoms with Crippen LogP contribution < -0.4 is 21.7 Å². The van der Waals surface area contributed by atoms with Gasteiger partial charge in [-0.3, -0.25) is 98.6 Å². The van der Waals surface area contributed by atoms with Crippen molar-refractivity contribution in [2.24, 2.45) is 17.6 Å². The van der Waals surface area contributed by atoms with Crippen molar-refractivity contribution in [3.05, 3.63) is 200 Å². The van der Waals surface area contributed by atoms with E-state index in [9.17, 15) is 38.4 Å². The summed E-state index contributed by atoms with van der Waals surface area (Å²) in [6.07, 6.45) is 39.0. The lowest BCUT2D eigenvalue weighted by atomic mass is 10.1. The first-order chi connectivity index (χ1) is 69.6. The summed E-state index contributed by atoms with van der Waals surface area (Å²) in [5.41, 5.74) is 25.8. The lowest BCUT2D eigenvalue weighted by molar-refractivity contribution is -0.119. The van der Waals surface area contributed by atoms with Gasteiger partial charge in [-0.1, -0.05) is 47.6 Å². The third kappa shape index (κ3) is 19.4. The van der Waals surface area contributed by atoms with Gasteiger partial charge in [0.15, 0.2) is 45.9 Å². The molecule has 143 heavy (non-hydrogen) atoms. The number of aromatic nitrogens is 28. The van der Waals surface area contributed by atoms with Gasteiger partial charge in [0.1, 0.15) is 50.6 Å². The summed E-state index contributed by atoms with van der Waals surface area (Å²) in [5.74, 6) is 1.41. The van der Waals surface area contributed by atoms with Crippen molar-refractivity contribution in [3.63, 3.8) is 0 Å². The molecular formula is C100H93N35O8. The van der Waals surface area contributed by atoms with Crippen LogP contribution in [0.5, 0.6) is 0 Å². The summed E-state index contributed by atoms with van der Waals surface area (Å²) in [7, 11) is 0. The Balaban J connectivity index is 0.000000117. The summed E-state index contributed by atoms with van der Waals surface area (Å²) in [4.78, 5) is 188. The van der Waals surface area contributed by atoms with Crippen molar-refractivity contribution in [1.82, 2.24) is 155 Å². The molecule has 0 radical (unpaired) electrons. The number of carbonyl (C=O) groups excluding carboxylic acids is 8. The number of anilines is 3. The molecule has 3 aliphatic rings. The number of hydrogen-bond acceptors (Lipinski definition) is 28. The molecule has 3 saturated heterocycles. The lowest BCUT2D eigenvalue weighted by Gasteiger charge is -2.14. The number of nitrogens with one attached hydrogen (secondary N) is 11. The van der Waals surface area contributed by atoms with Crippen molar-refractivity contribution < 1.29 is 38.4 Å². The fourth-order valence-electron chi connectivity index (χ4n) is 17.2. The highest BCUT2D eigenvalue weighted by Crippen LogP contribution is 2.38. The van der Waals surface area contributed by atoms with E-state index in [1.54, 1.807) is 118 Å². The molecular weight excluding hydrogens is 1820 g/mol. The average Bonchev–Trinajstić information content (AvgIpc) is 1.53. The van der Waals surface area contributed by atoms with E-state index in [4.69, 9.17) is 20.7 Å². The summed E-state index contributed by atoms with van der Waals surface area (Å²) in [6.45, 7) is 15.8. The Hall–Kier alpha value is -18.5. The van der Waals surface area contributed by atoms with Crippen molar-refractivity contribution >= 4 is 152 Å². The number of aromatic amines is 8. The normalized spacial score (nSPS) is 13.1. The first kappa shape index (κ1) is 92.2. The number of likely N-dealkylation sites (tertiary alicyclic amines) is 3. The Kier molecular flexibility index (Phi) is 25.7. The summed E-state index contributed by atoms with van der Waals surface area (Å²) < 4.78 is 0. The zero-order valence-corrected chi connectivity index (χ0v) is 78.3. The van der Waals surface area contributed by atoms with Gasteiger partial charge in [-0.25, -0.2) is 39.9 Å². The topological polar surface area (TPSA) is 593 Å². The molecule has 0 aromatic carbocycles. The van der Waals surface area contributed by atoms with E-state index in [0.717, 1.165) is 150 Å². The fourth-order valence-corrected chi connectivity index (χ4v) is 17.2. The molecule has 0 spiro atoms. The number of pyridine rings is 12. The van der Waals surface area contributed by atoms with Crippen molar-refractivity contribution in [2.75, 3.05) is 55.2 Å². The van der Waals surface area contributed by atoms with Crippen LogP contribution in [0.25, 0.3) is 179 Å². The molecule has 0 unspecified atom stereocenters. The van der Waals surface area contributed by atoms with E-state index < -0.39 is 5.91 Å². The monoisotopic (exact) mass is 1910 g/mol. The first-order valence-electron chi connectivity index (χ1n) is 46.7. The van der Waals surface area contributed by atoms with Crippen LogP contribution in [-0.4, -0.2) is 242 Å². The van der Waals surface area contributed by atoms with Crippen molar-refractivity contribution in [2.45, 2.75) is 106 Å². The van der Waals surface area contributed by atoms with Gasteiger partial charge in [-0.2, -0.15) is 20.4 Å². The quantitative estimate of drug-likeness (QED) is 0.0300. The first-order valence-corrected chi connectivity index (χ1v) is 46.7. The molecule has 43 heteroatoms. The Morgan fingerprint density at radius 2 is 0.664 bits per heavy atom. The minimum absolute atomic E-state index is 0.0429. The Morgan fingerprint density at radius 3 is 0.986 bits per heavy atom. The van der Waals surface area contributed by atoms with E-state index in [0.29, 0.717) is 172 Å². The van der Waals surface area contributed by atoms with Gasteiger partial charge in [-0.05, 0) is 93.0 Å². The molecule has 43 nitrogen and oxygen atoms in total. The van der Waals surface area contributed by atoms with Gasteiger partial charge in [0.05, 0.1) is 126 Å². The van der Waals surface area contributed by atoms with Gasteiger partial charge >= 0.3 is 0 Å². The molecule has 7 amide bonds. The number of rotatable bonds is 22. The second-order valence-corrected chi connectivity index (χ2v) is 35.5. The van der Waals surface area contributed by atoms with Crippen LogP contribution in [0.1, 0.15) is 146 Å². The number of nitrogens with two attached hydrogens (primary N) is 1. The maximum atomic E-state index is 13.1. The number of amides is 7. The van der Waals surface area contributed by atoms with Gasteiger partial charge in [0, 0.05) is 195 Å². The molecule has 3 aliphatic heterocycles. The van der Waals surface area contributed by atoms with Gasteiger partial charge in [0.2, 0.25) is 17.7 Å². The average molecular weight is 1910 g/mol. The third-order valence-corrected chi connectivity index (χ3v) is 24.7. The number of fused-ring (bicyclic) bond motifs is 8. The van der Waals surface area contributed by atoms with Gasteiger partial charge in [0.25, 0.3) is 23.6 Å². The van der Waals surface area contributed by atoms with E-state index in [1.807, 2.05) is 104 Å². The molecule has 3 fully saturated rings. The molecule has 0 saturated carbocycles. The standard InChI is InChI=1S/C26H25N9O2.C26H24N8O2.C25H23N9O2.C23H21N9O2/c1-14(2)25(36)30-17-7-15(9-27-11-17)16-8-18-22(33-34-23(18)29-10-16)24-31-20-13-28-12-19(21(20)32-24)26(37)35-5-3-4-6-35;1-2-18(35)10-17-6-5-15(11-28-17)16-9-19-23(32-33-24(19)29-12-16)25-30-21-14-27-13-20(22(21)31-25)26(36)34-7-3-4-8-34;1-2-20(35)29-16-7-14(9-26-11-16)15-8-17-22(32-33-23(17)28-10-15)24-30-19-13-27-12-18(21(19)31-24)25(36)34-5-3-4-6-34;1-11(2)3-18(33)28-14-4-12(6-25-8-14)13-5-15-20(31-32-22(15)27-7-13)23-29-17-10-26-9-16(21(24)34)19(17)30-23/h7-14H,3-6H2,1-2H3,(H,30,36)(H,31,32)(H,29,33,34);5-6,9,11-14H,2-4,7-8,10H2,1H3,(H,30,31)(H,29,32,33);7-13H,2-6H2,1H3,(H,29,35)(H,30,31)(H,28,32,33);4-11H,3H2,1-2H3,(H2,24,34)(H,28,33)(H,29,30)(H,27,31,32). The largest absolute Gasteiger partial charge is 0.365 e. The number of nitrogens with zero attached hydrogens (tertiary/aromatic N) is 23. The number of imidazole rings is 4.